The monoisotopic (exact) mass is 249 g/mol. The van der Waals surface area contributed by atoms with E-state index < -0.39 is 11.8 Å². The van der Waals surface area contributed by atoms with E-state index in [1.54, 1.807) is 0 Å². The van der Waals surface area contributed by atoms with Crippen LogP contribution in [0.25, 0.3) is 0 Å². The van der Waals surface area contributed by atoms with Crippen molar-refractivity contribution in [3.05, 3.63) is 12.2 Å². The Balaban J connectivity index is 2.19. The second-order valence-corrected chi connectivity index (χ2v) is 6.55. The maximum atomic E-state index is 12.2. The van der Waals surface area contributed by atoms with Gasteiger partial charge in [-0.1, -0.05) is 32.9 Å². The molecule has 1 heterocycles. The lowest BCUT2D eigenvalue weighted by Gasteiger charge is -2.55. The predicted octanol–water partition coefficient (Wildman–Crippen LogP) is 1.99. The molecule has 1 aliphatic heterocycles. The van der Waals surface area contributed by atoms with Gasteiger partial charge in [-0.2, -0.15) is 5.06 Å². The first-order chi connectivity index (χ1) is 8.33. The van der Waals surface area contributed by atoms with Gasteiger partial charge in [0.25, 0.3) is 11.8 Å². The lowest BCUT2D eigenvalue weighted by atomic mass is 9.46. The molecule has 0 aromatic heterocycles. The quantitative estimate of drug-likeness (QED) is 0.439. The maximum absolute atomic E-state index is 12.2. The van der Waals surface area contributed by atoms with Gasteiger partial charge in [-0.25, -0.2) is 0 Å². The summed E-state index contributed by atoms with van der Waals surface area (Å²) in [4.78, 5) is 24.3. The van der Waals surface area contributed by atoms with Crippen molar-refractivity contribution >= 4 is 11.8 Å². The molecule has 3 aliphatic carbocycles. The van der Waals surface area contributed by atoms with Crippen molar-refractivity contribution in [1.82, 2.24) is 5.06 Å². The Morgan fingerprint density at radius 2 is 1.83 bits per heavy atom. The second-order valence-electron chi connectivity index (χ2n) is 6.55. The van der Waals surface area contributed by atoms with Gasteiger partial charge in [0, 0.05) is 5.41 Å². The number of nitrogens with zero attached hydrogens (tertiary/aromatic N) is 1. The molecule has 0 unspecified atom stereocenters. The molecule has 1 saturated carbocycles. The van der Waals surface area contributed by atoms with Crippen LogP contribution in [0.3, 0.4) is 0 Å². The number of carbonyl (C=O) groups is 2. The van der Waals surface area contributed by atoms with E-state index in [2.05, 4.69) is 26.0 Å². The fourth-order valence-corrected chi connectivity index (χ4v) is 4.22. The average molecular weight is 249 g/mol. The van der Waals surface area contributed by atoms with Crippen molar-refractivity contribution in [2.24, 2.45) is 28.6 Å². The Bertz CT molecular complexity index is 470. The molecule has 4 atom stereocenters. The number of rotatable bonds is 1. The number of allylic oxidation sites excluding steroid dienone is 2. The third kappa shape index (κ3) is 1.10. The molecule has 4 rings (SSSR count). The molecule has 4 heteroatoms. The molecule has 0 spiro atoms. The van der Waals surface area contributed by atoms with Crippen molar-refractivity contribution in [3.8, 4) is 0 Å². The molecule has 2 fully saturated rings. The third-order valence-electron chi connectivity index (χ3n) is 5.52. The Kier molecular flexibility index (Phi) is 2.14. The van der Waals surface area contributed by atoms with Crippen LogP contribution < -0.4 is 0 Å². The number of hydroxylamine groups is 2. The first-order valence-corrected chi connectivity index (χ1v) is 6.60. The summed E-state index contributed by atoms with van der Waals surface area (Å²) in [7, 11) is 0. The summed E-state index contributed by atoms with van der Waals surface area (Å²) in [6.45, 7) is 6.20. The van der Waals surface area contributed by atoms with Crippen molar-refractivity contribution in [1.29, 1.82) is 0 Å². The van der Waals surface area contributed by atoms with Gasteiger partial charge in [-0.05, 0) is 24.2 Å². The van der Waals surface area contributed by atoms with Gasteiger partial charge in [-0.15, -0.1) is 0 Å². The zero-order valence-corrected chi connectivity index (χ0v) is 11.0. The highest BCUT2D eigenvalue weighted by molar-refractivity contribution is 6.05. The van der Waals surface area contributed by atoms with Gasteiger partial charge in [0.1, 0.15) is 0 Å². The van der Waals surface area contributed by atoms with Crippen LogP contribution in [-0.2, 0) is 9.59 Å². The summed E-state index contributed by atoms with van der Waals surface area (Å²) < 4.78 is 0. The fraction of sp³-hybridized carbons (Fsp3) is 0.714. The van der Waals surface area contributed by atoms with Crippen LogP contribution in [0.15, 0.2) is 12.2 Å². The van der Waals surface area contributed by atoms with E-state index in [0.29, 0.717) is 5.06 Å². The van der Waals surface area contributed by atoms with Crippen molar-refractivity contribution in [2.75, 3.05) is 0 Å². The van der Waals surface area contributed by atoms with Crippen LogP contribution in [-0.4, -0.2) is 22.1 Å². The van der Waals surface area contributed by atoms with E-state index in [-0.39, 0.29) is 28.6 Å². The maximum Gasteiger partial charge on any atom is 0.258 e. The van der Waals surface area contributed by atoms with Gasteiger partial charge in [0.05, 0.1) is 11.8 Å². The first-order valence-electron chi connectivity index (χ1n) is 6.60. The normalized spacial score (nSPS) is 46.2. The molecule has 1 N–H and O–H groups in total. The zero-order valence-electron chi connectivity index (χ0n) is 11.0. The van der Waals surface area contributed by atoms with Crippen molar-refractivity contribution in [3.63, 3.8) is 0 Å². The summed E-state index contributed by atoms with van der Waals surface area (Å²) >= 11 is 0. The molecule has 2 bridgehead atoms. The molecular formula is C14H19NO3. The molecule has 1 saturated heterocycles. The smallest absolute Gasteiger partial charge is 0.258 e. The van der Waals surface area contributed by atoms with Crippen molar-refractivity contribution in [2.45, 2.75) is 33.6 Å². The highest BCUT2D eigenvalue weighted by atomic mass is 16.5. The highest BCUT2D eigenvalue weighted by Crippen LogP contribution is 2.63. The number of amides is 2. The van der Waals surface area contributed by atoms with Crippen LogP contribution in [0.1, 0.15) is 33.6 Å². The first kappa shape index (κ1) is 11.9. The van der Waals surface area contributed by atoms with E-state index in [4.69, 9.17) is 0 Å². The lowest BCUT2D eigenvalue weighted by molar-refractivity contribution is -0.173. The van der Waals surface area contributed by atoms with Crippen LogP contribution in [0, 0.1) is 28.6 Å². The molecule has 98 valence electrons. The SMILES string of the molecule is CC(C)[C@]12C=C[C@@](C)(CC1)[C@H]1C(=O)N(O)C(=O)[C@@H]12. The van der Waals surface area contributed by atoms with Crippen molar-refractivity contribution < 1.29 is 14.8 Å². The summed E-state index contributed by atoms with van der Waals surface area (Å²) in [5.41, 5.74) is -0.530. The largest absolute Gasteiger partial charge is 0.278 e. The van der Waals surface area contributed by atoms with Gasteiger partial charge in [0.15, 0.2) is 0 Å². The number of fused-ring (bicyclic) bond motifs is 1. The molecule has 4 nitrogen and oxygen atoms in total. The summed E-state index contributed by atoms with van der Waals surface area (Å²) in [5, 5.41) is 10.0. The molecule has 4 aliphatic rings. The fourth-order valence-electron chi connectivity index (χ4n) is 4.22. The van der Waals surface area contributed by atoms with E-state index >= 15 is 0 Å². The highest BCUT2D eigenvalue weighted by Gasteiger charge is 2.67. The summed E-state index contributed by atoms with van der Waals surface area (Å²) in [5.74, 6) is -1.29. The molecular weight excluding hydrogens is 230 g/mol. The standard InChI is InChI=1S/C14H19NO3/c1-8(2)14-6-4-13(3,5-7-14)9-10(14)12(17)15(18)11(9)16/h4,6,8-10,18H,5,7H2,1-3H3/t9-,10-,13+,14+/m1/s1. The minimum atomic E-state index is -0.415. The van der Waals surface area contributed by atoms with Gasteiger partial charge < -0.3 is 0 Å². The number of hydrogen-bond acceptors (Lipinski definition) is 3. The van der Waals surface area contributed by atoms with E-state index in [0.717, 1.165) is 12.8 Å². The Hall–Kier alpha value is -1.16. The van der Waals surface area contributed by atoms with Crippen LogP contribution in [0.5, 0.6) is 0 Å². The summed E-state index contributed by atoms with van der Waals surface area (Å²) in [6, 6.07) is 0. The molecule has 2 amide bonds. The molecule has 0 radical (unpaired) electrons. The van der Waals surface area contributed by atoms with Crippen LogP contribution in [0.2, 0.25) is 0 Å². The van der Waals surface area contributed by atoms with Gasteiger partial charge in [-0.3, -0.25) is 14.8 Å². The Morgan fingerprint density at radius 1 is 1.22 bits per heavy atom. The number of imide groups is 1. The molecule has 18 heavy (non-hydrogen) atoms. The van der Waals surface area contributed by atoms with E-state index in [9.17, 15) is 14.8 Å². The Morgan fingerprint density at radius 3 is 2.33 bits per heavy atom. The second kappa shape index (κ2) is 3.23. The number of hydrogen-bond donors (Lipinski definition) is 1. The molecule has 0 aromatic carbocycles. The average Bonchev–Trinajstić information content (AvgIpc) is 2.57. The Labute approximate surface area is 107 Å². The predicted molar refractivity (Wildman–Crippen MR) is 64.4 cm³/mol. The lowest BCUT2D eigenvalue weighted by Crippen LogP contribution is -2.53. The summed E-state index contributed by atoms with van der Waals surface area (Å²) in [6.07, 6.45) is 6.07. The number of carbonyl (C=O) groups excluding carboxylic acids is 2. The van der Waals surface area contributed by atoms with Gasteiger partial charge >= 0.3 is 0 Å². The zero-order chi connectivity index (χ0) is 13.3. The minimum absolute atomic E-state index is 0.257. The van der Waals surface area contributed by atoms with E-state index in [1.165, 1.54) is 0 Å². The van der Waals surface area contributed by atoms with E-state index in [1.807, 2.05) is 6.92 Å². The minimum Gasteiger partial charge on any atom is -0.278 e. The van der Waals surface area contributed by atoms with Crippen LogP contribution in [0.4, 0.5) is 0 Å². The molecule has 0 aromatic rings. The van der Waals surface area contributed by atoms with Crippen LogP contribution >= 0.6 is 0 Å². The van der Waals surface area contributed by atoms with Gasteiger partial charge in [0.2, 0.25) is 0 Å². The third-order valence-corrected chi connectivity index (χ3v) is 5.52. The topological polar surface area (TPSA) is 57.6 Å².